The molecule has 168 valence electrons. The first-order valence-electron chi connectivity index (χ1n) is 12.9. The SMILES string of the molecule is CC=C(CC[C@@H](C)C1CCC2C3=CC=C4C[C@@H](O)CC[C@]4(C)C3CC[C@@]21C)C(C)C. The van der Waals surface area contributed by atoms with E-state index in [1.54, 1.807) is 11.1 Å². The first kappa shape index (κ1) is 22.4. The molecule has 1 N–H and O–H groups in total. The van der Waals surface area contributed by atoms with Crippen molar-refractivity contribution >= 4 is 0 Å². The summed E-state index contributed by atoms with van der Waals surface area (Å²) in [7, 11) is 0. The molecule has 0 aliphatic heterocycles. The topological polar surface area (TPSA) is 20.2 Å². The van der Waals surface area contributed by atoms with E-state index in [-0.39, 0.29) is 6.10 Å². The van der Waals surface area contributed by atoms with Crippen molar-refractivity contribution in [2.75, 3.05) is 0 Å². The van der Waals surface area contributed by atoms with E-state index in [9.17, 15) is 5.11 Å². The van der Waals surface area contributed by atoms with Gasteiger partial charge in [-0.1, -0.05) is 69.6 Å². The maximum Gasteiger partial charge on any atom is 0.0578 e. The second-order valence-corrected chi connectivity index (χ2v) is 12.0. The molecule has 0 radical (unpaired) electrons. The molecule has 1 nitrogen and oxygen atoms in total. The molecule has 30 heavy (non-hydrogen) atoms. The fourth-order valence-corrected chi connectivity index (χ4v) is 8.32. The van der Waals surface area contributed by atoms with Gasteiger partial charge in [-0.05, 0) is 105 Å². The second kappa shape index (κ2) is 8.27. The predicted molar refractivity (Wildman–Crippen MR) is 128 cm³/mol. The molecule has 4 rings (SSSR count). The Bertz CT molecular complexity index is 739. The van der Waals surface area contributed by atoms with Crippen LogP contribution in [0.1, 0.15) is 99.3 Å². The molecule has 4 aliphatic carbocycles. The van der Waals surface area contributed by atoms with Crippen LogP contribution in [0.15, 0.2) is 34.9 Å². The minimum Gasteiger partial charge on any atom is -0.393 e. The molecule has 0 aromatic rings. The summed E-state index contributed by atoms with van der Waals surface area (Å²) < 4.78 is 0. The lowest BCUT2D eigenvalue weighted by Gasteiger charge is -2.55. The van der Waals surface area contributed by atoms with Crippen molar-refractivity contribution in [3.05, 3.63) is 34.9 Å². The Morgan fingerprint density at radius 2 is 1.83 bits per heavy atom. The fraction of sp³-hybridized carbons (Fsp3) is 0.793. The monoisotopic (exact) mass is 410 g/mol. The molecular formula is C29H46O. The van der Waals surface area contributed by atoms with Gasteiger partial charge in [-0.25, -0.2) is 0 Å². The maximum absolute atomic E-state index is 10.2. The van der Waals surface area contributed by atoms with Gasteiger partial charge in [0.05, 0.1) is 6.10 Å². The Kier molecular flexibility index (Phi) is 6.17. The number of fused-ring (bicyclic) bond motifs is 5. The summed E-state index contributed by atoms with van der Waals surface area (Å²) in [5.74, 6) is 3.90. The van der Waals surface area contributed by atoms with E-state index in [2.05, 4.69) is 59.8 Å². The molecule has 3 unspecified atom stereocenters. The fourth-order valence-electron chi connectivity index (χ4n) is 8.32. The van der Waals surface area contributed by atoms with Crippen LogP contribution >= 0.6 is 0 Å². The van der Waals surface area contributed by atoms with Crippen molar-refractivity contribution in [1.29, 1.82) is 0 Å². The molecule has 0 spiro atoms. The van der Waals surface area contributed by atoms with Crippen molar-refractivity contribution in [3.63, 3.8) is 0 Å². The molecule has 0 amide bonds. The van der Waals surface area contributed by atoms with Crippen molar-refractivity contribution in [2.24, 2.45) is 40.4 Å². The summed E-state index contributed by atoms with van der Waals surface area (Å²) in [5.41, 5.74) is 5.77. The van der Waals surface area contributed by atoms with Gasteiger partial charge in [0.2, 0.25) is 0 Å². The predicted octanol–water partition coefficient (Wildman–Crippen LogP) is 7.87. The van der Waals surface area contributed by atoms with Crippen LogP contribution in [0.3, 0.4) is 0 Å². The zero-order valence-electron chi connectivity index (χ0n) is 20.5. The molecule has 7 atom stereocenters. The molecule has 3 saturated carbocycles. The molecule has 0 saturated heterocycles. The quantitative estimate of drug-likeness (QED) is 0.457. The molecule has 0 bridgehead atoms. The Balaban J connectivity index is 1.52. The second-order valence-electron chi connectivity index (χ2n) is 12.0. The van der Waals surface area contributed by atoms with Gasteiger partial charge >= 0.3 is 0 Å². The maximum atomic E-state index is 10.2. The molecule has 3 fully saturated rings. The van der Waals surface area contributed by atoms with E-state index in [4.69, 9.17) is 0 Å². The summed E-state index contributed by atoms with van der Waals surface area (Å²) in [5, 5.41) is 10.2. The summed E-state index contributed by atoms with van der Waals surface area (Å²) >= 11 is 0. The molecule has 4 aliphatic rings. The molecule has 1 heteroatoms. The van der Waals surface area contributed by atoms with Crippen LogP contribution in [0.25, 0.3) is 0 Å². The van der Waals surface area contributed by atoms with Crippen LogP contribution in [0.4, 0.5) is 0 Å². The third-order valence-electron chi connectivity index (χ3n) is 10.3. The highest BCUT2D eigenvalue weighted by molar-refractivity contribution is 5.38. The van der Waals surface area contributed by atoms with Gasteiger partial charge < -0.3 is 5.11 Å². The normalized spacial score (nSPS) is 42.2. The minimum atomic E-state index is -0.113. The van der Waals surface area contributed by atoms with E-state index in [1.165, 1.54) is 50.5 Å². The lowest BCUT2D eigenvalue weighted by molar-refractivity contribution is 0.0326. The van der Waals surface area contributed by atoms with Gasteiger partial charge in [0, 0.05) is 0 Å². The molecular weight excluding hydrogens is 364 g/mol. The highest BCUT2D eigenvalue weighted by Gasteiger charge is 2.56. The Labute approximate surface area is 186 Å². The summed E-state index contributed by atoms with van der Waals surface area (Å²) in [6, 6.07) is 0. The first-order valence-corrected chi connectivity index (χ1v) is 12.9. The summed E-state index contributed by atoms with van der Waals surface area (Å²) in [4.78, 5) is 0. The van der Waals surface area contributed by atoms with Gasteiger partial charge in [0.25, 0.3) is 0 Å². The van der Waals surface area contributed by atoms with Crippen LogP contribution < -0.4 is 0 Å². The third kappa shape index (κ3) is 3.58. The average molecular weight is 411 g/mol. The molecule has 0 heterocycles. The van der Waals surface area contributed by atoms with Crippen molar-refractivity contribution in [3.8, 4) is 0 Å². The van der Waals surface area contributed by atoms with Gasteiger partial charge in [0.15, 0.2) is 0 Å². The lowest BCUT2D eigenvalue weighted by atomic mass is 9.50. The van der Waals surface area contributed by atoms with Crippen molar-refractivity contribution < 1.29 is 5.11 Å². The van der Waals surface area contributed by atoms with E-state index in [1.807, 2.05) is 0 Å². The average Bonchev–Trinajstić information content (AvgIpc) is 3.06. The highest BCUT2D eigenvalue weighted by Crippen LogP contribution is 2.66. The number of allylic oxidation sites excluding steroid dienone is 5. The Hall–Kier alpha value is -0.820. The van der Waals surface area contributed by atoms with E-state index >= 15 is 0 Å². The smallest absolute Gasteiger partial charge is 0.0578 e. The van der Waals surface area contributed by atoms with Crippen LogP contribution in [-0.2, 0) is 0 Å². The van der Waals surface area contributed by atoms with E-state index in [0.29, 0.717) is 16.7 Å². The molecule has 0 aromatic carbocycles. The lowest BCUT2D eigenvalue weighted by Crippen LogP contribution is -2.46. The minimum absolute atomic E-state index is 0.113. The number of aliphatic hydroxyl groups excluding tert-OH is 1. The van der Waals surface area contributed by atoms with Crippen LogP contribution in [-0.4, -0.2) is 11.2 Å². The van der Waals surface area contributed by atoms with Gasteiger partial charge in [-0.15, -0.1) is 0 Å². The standard InChI is InChI=1S/C29H46O/c1-7-21(19(2)3)9-8-20(4)25-12-13-26-24-11-10-22-18-23(30)14-16-28(22,5)27(24)15-17-29(25,26)6/h7,10-11,19-20,23,25-27,30H,8-9,12-18H2,1-6H3/t20-,23+,25?,26?,27?,28+,29-/m1/s1. The number of rotatable bonds is 5. The number of aliphatic hydroxyl groups is 1. The third-order valence-corrected chi connectivity index (χ3v) is 10.3. The van der Waals surface area contributed by atoms with Crippen LogP contribution in [0, 0.1) is 40.4 Å². The zero-order valence-corrected chi connectivity index (χ0v) is 20.5. The van der Waals surface area contributed by atoms with Gasteiger partial charge in [-0.2, -0.15) is 0 Å². The van der Waals surface area contributed by atoms with Crippen molar-refractivity contribution in [2.45, 2.75) is 105 Å². The Morgan fingerprint density at radius 3 is 2.53 bits per heavy atom. The van der Waals surface area contributed by atoms with Gasteiger partial charge in [0.1, 0.15) is 0 Å². The summed E-state index contributed by atoms with van der Waals surface area (Å²) in [6.45, 7) is 14.6. The van der Waals surface area contributed by atoms with Crippen LogP contribution in [0.5, 0.6) is 0 Å². The van der Waals surface area contributed by atoms with Crippen LogP contribution in [0.2, 0.25) is 0 Å². The number of hydrogen-bond acceptors (Lipinski definition) is 1. The molecule has 0 aromatic heterocycles. The number of hydrogen-bond donors (Lipinski definition) is 1. The Morgan fingerprint density at radius 1 is 1.07 bits per heavy atom. The van der Waals surface area contributed by atoms with Crippen molar-refractivity contribution in [1.82, 2.24) is 0 Å². The van der Waals surface area contributed by atoms with Gasteiger partial charge in [-0.3, -0.25) is 0 Å². The van der Waals surface area contributed by atoms with E-state index < -0.39 is 0 Å². The first-order chi connectivity index (χ1) is 14.2. The highest BCUT2D eigenvalue weighted by atomic mass is 16.3. The zero-order chi connectivity index (χ0) is 21.7. The van der Waals surface area contributed by atoms with E-state index in [0.717, 1.165) is 36.5 Å². The largest absolute Gasteiger partial charge is 0.393 e. The summed E-state index contributed by atoms with van der Waals surface area (Å²) in [6.07, 6.45) is 18.5.